The first-order valence-corrected chi connectivity index (χ1v) is 27.5. The van der Waals surface area contributed by atoms with Crippen LogP contribution in [0.5, 0.6) is 0 Å². The van der Waals surface area contributed by atoms with E-state index < -0.39 is 6.10 Å². The molecule has 0 radical (unpaired) electrons. The highest BCUT2D eigenvalue weighted by Crippen LogP contribution is 2.16. The molecule has 368 valence electrons. The van der Waals surface area contributed by atoms with Gasteiger partial charge in [-0.1, -0.05) is 237 Å². The fourth-order valence-corrected chi connectivity index (χ4v) is 7.95. The van der Waals surface area contributed by atoms with Crippen LogP contribution < -0.4 is 0 Å². The number of ether oxygens (including phenoxy) is 3. The predicted molar refractivity (Wildman–Crippen MR) is 270 cm³/mol. The maximum atomic E-state index is 12.8. The van der Waals surface area contributed by atoms with Crippen LogP contribution in [0.4, 0.5) is 0 Å². The molecule has 0 bridgehead atoms. The van der Waals surface area contributed by atoms with Gasteiger partial charge in [-0.25, -0.2) is 0 Å². The van der Waals surface area contributed by atoms with Crippen LogP contribution >= 0.6 is 0 Å². The third-order valence-corrected chi connectivity index (χ3v) is 12.1. The lowest BCUT2D eigenvalue weighted by atomic mass is 10.0. The summed E-state index contributed by atoms with van der Waals surface area (Å²) in [5.41, 5.74) is 0. The SMILES string of the molecule is CCC/C=C\CCCCCCCC(=O)OCC(COC(=O)CCCCCCCCCCC/C=C\C/C=C\CCCCCCC)OC(=O)CCCCCCCCCCCCCCCC. The molecular formula is C57H104O6. The molecule has 1 atom stereocenters. The van der Waals surface area contributed by atoms with E-state index in [1.54, 1.807) is 0 Å². The maximum absolute atomic E-state index is 12.8. The average Bonchev–Trinajstić information content (AvgIpc) is 3.28. The lowest BCUT2D eigenvalue weighted by Gasteiger charge is -2.18. The quantitative estimate of drug-likeness (QED) is 0.0262. The third-order valence-electron chi connectivity index (χ3n) is 12.1. The van der Waals surface area contributed by atoms with Gasteiger partial charge in [0.15, 0.2) is 6.10 Å². The summed E-state index contributed by atoms with van der Waals surface area (Å²) in [6.07, 6.45) is 61.4. The predicted octanol–water partition coefficient (Wildman–Crippen LogP) is 18.1. The molecule has 0 N–H and O–H groups in total. The summed E-state index contributed by atoms with van der Waals surface area (Å²) in [6, 6.07) is 0. The number of esters is 3. The van der Waals surface area contributed by atoms with E-state index >= 15 is 0 Å². The van der Waals surface area contributed by atoms with Crippen LogP contribution in [0.1, 0.15) is 290 Å². The van der Waals surface area contributed by atoms with Gasteiger partial charge < -0.3 is 14.2 Å². The molecule has 0 aliphatic heterocycles. The first kappa shape index (κ1) is 60.6. The number of allylic oxidation sites excluding steroid dienone is 6. The van der Waals surface area contributed by atoms with Crippen molar-refractivity contribution in [1.29, 1.82) is 0 Å². The highest BCUT2D eigenvalue weighted by atomic mass is 16.6. The Balaban J connectivity index is 4.26. The third kappa shape index (κ3) is 50.5. The number of unbranched alkanes of at least 4 members (excludes halogenated alkanes) is 33. The Bertz CT molecular complexity index is 1060. The first-order valence-electron chi connectivity index (χ1n) is 27.5. The molecule has 0 aromatic carbocycles. The normalized spacial score (nSPS) is 12.2. The summed E-state index contributed by atoms with van der Waals surface area (Å²) in [4.78, 5) is 38.0. The molecule has 63 heavy (non-hydrogen) atoms. The van der Waals surface area contributed by atoms with Crippen molar-refractivity contribution in [2.45, 2.75) is 297 Å². The summed E-state index contributed by atoms with van der Waals surface area (Å²) in [7, 11) is 0. The van der Waals surface area contributed by atoms with Gasteiger partial charge in [0.25, 0.3) is 0 Å². The van der Waals surface area contributed by atoms with Crippen LogP contribution in [0, 0.1) is 0 Å². The van der Waals surface area contributed by atoms with Gasteiger partial charge in [-0.05, 0) is 70.6 Å². The van der Waals surface area contributed by atoms with Crippen molar-refractivity contribution in [3.05, 3.63) is 36.5 Å². The number of carbonyl (C=O) groups is 3. The molecule has 0 fully saturated rings. The van der Waals surface area contributed by atoms with E-state index in [2.05, 4.69) is 57.2 Å². The molecule has 0 saturated carbocycles. The number of hydrogen-bond donors (Lipinski definition) is 0. The second-order valence-electron chi connectivity index (χ2n) is 18.5. The molecule has 0 amide bonds. The van der Waals surface area contributed by atoms with E-state index in [1.807, 2.05) is 0 Å². The molecule has 0 aliphatic rings. The number of carbonyl (C=O) groups excluding carboxylic acids is 3. The van der Waals surface area contributed by atoms with Crippen LogP contribution in [0.3, 0.4) is 0 Å². The standard InChI is InChI=1S/C57H104O6/c1-4-7-10-13-16-19-22-24-26-27-28-29-30-31-32-34-35-38-41-44-47-50-56(59)62-53-54(52-61-55(58)49-46-43-40-37-21-18-15-12-9-6-3)63-57(60)51-48-45-42-39-36-33-25-23-20-17-14-11-8-5-2/h12,15,22,24,27-28,54H,4-11,13-14,16-21,23,25-26,29-53H2,1-3H3/b15-12-,24-22-,28-27-. The lowest BCUT2D eigenvalue weighted by molar-refractivity contribution is -0.167. The number of rotatable bonds is 50. The molecule has 0 aromatic rings. The Morgan fingerprint density at radius 3 is 0.952 bits per heavy atom. The van der Waals surface area contributed by atoms with Gasteiger partial charge in [0.2, 0.25) is 0 Å². The summed E-state index contributed by atoms with van der Waals surface area (Å²) < 4.78 is 16.8. The van der Waals surface area contributed by atoms with E-state index in [-0.39, 0.29) is 31.1 Å². The highest BCUT2D eigenvalue weighted by molar-refractivity contribution is 5.71. The van der Waals surface area contributed by atoms with E-state index in [0.717, 1.165) is 77.0 Å². The minimum atomic E-state index is -0.773. The molecule has 0 saturated heterocycles. The summed E-state index contributed by atoms with van der Waals surface area (Å²) >= 11 is 0. The van der Waals surface area contributed by atoms with Crippen molar-refractivity contribution in [3.8, 4) is 0 Å². The Hall–Kier alpha value is -2.37. The summed E-state index contributed by atoms with van der Waals surface area (Å²) in [5, 5.41) is 0. The smallest absolute Gasteiger partial charge is 0.306 e. The molecule has 6 nitrogen and oxygen atoms in total. The second kappa shape index (κ2) is 52.3. The Morgan fingerprint density at radius 2 is 0.603 bits per heavy atom. The van der Waals surface area contributed by atoms with E-state index in [1.165, 1.54) is 173 Å². The van der Waals surface area contributed by atoms with Gasteiger partial charge in [0.05, 0.1) is 0 Å². The van der Waals surface area contributed by atoms with E-state index in [9.17, 15) is 14.4 Å². The van der Waals surface area contributed by atoms with Gasteiger partial charge >= 0.3 is 17.9 Å². The second-order valence-corrected chi connectivity index (χ2v) is 18.5. The zero-order valence-corrected chi connectivity index (χ0v) is 42.1. The molecule has 0 heterocycles. The van der Waals surface area contributed by atoms with Crippen LogP contribution in [0.2, 0.25) is 0 Å². The maximum Gasteiger partial charge on any atom is 0.306 e. The molecule has 1 unspecified atom stereocenters. The van der Waals surface area contributed by atoms with Crippen LogP contribution in [0.25, 0.3) is 0 Å². The minimum Gasteiger partial charge on any atom is -0.462 e. The topological polar surface area (TPSA) is 78.9 Å². The van der Waals surface area contributed by atoms with Gasteiger partial charge in [-0.2, -0.15) is 0 Å². The van der Waals surface area contributed by atoms with Crippen LogP contribution in [-0.2, 0) is 28.6 Å². The largest absolute Gasteiger partial charge is 0.462 e. The fourth-order valence-electron chi connectivity index (χ4n) is 7.95. The Kier molecular flexibility index (Phi) is 50.3. The Labute approximate surface area is 391 Å². The highest BCUT2D eigenvalue weighted by Gasteiger charge is 2.19. The summed E-state index contributed by atoms with van der Waals surface area (Å²) in [5.74, 6) is -0.876. The van der Waals surface area contributed by atoms with Crippen molar-refractivity contribution in [1.82, 2.24) is 0 Å². The number of hydrogen-bond acceptors (Lipinski definition) is 6. The van der Waals surface area contributed by atoms with Gasteiger partial charge in [0, 0.05) is 19.3 Å². The van der Waals surface area contributed by atoms with Gasteiger partial charge in [-0.15, -0.1) is 0 Å². The van der Waals surface area contributed by atoms with Crippen molar-refractivity contribution >= 4 is 17.9 Å². The van der Waals surface area contributed by atoms with Gasteiger partial charge in [-0.3, -0.25) is 14.4 Å². The lowest BCUT2D eigenvalue weighted by Crippen LogP contribution is -2.30. The zero-order valence-electron chi connectivity index (χ0n) is 42.1. The van der Waals surface area contributed by atoms with Gasteiger partial charge in [0.1, 0.15) is 13.2 Å². The van der Waals surface area contributed by atoms with Crippen molar-refractivity contribution in [3.63, 3.8) is 0 Å². The van der Waals surface area contributed by atoms with Crippen molar-refractivity contribution in [2.24, 2.45) is 0 Å². The summed E-state index contributed by atoms with van der Waals surface area (Å²) in [6.45, 7) is 6.58. The molecule has 0 aliphatic carbocycles. The molecule has 0 rings (SSSR count). The zero-order chi connectivity index (χ0) is 45.8. The molecule has 6 heteroatoms. The fraction of sp³-hybridized carbons (Fsp3) is 0.842. The van der Waals surface area contributed by atoms with E-state index in [4.69, 9.17) is 14.2 Å². The average molecular weight is 885 g/mol. The molecule has 0 aromatic heterocycles. The van der Waals surface area contributed by atoms with Crippen LogP contribution in [-0.4, -0.2) is 37.2 Å². The minimum absolute atomic E-state index is 0.0740. The van der Waals surface area contributed by atoms with Crippen LogP contribution in [0.15, 0.2) is 36.5 Å². The first-order chi connectivity index (χ1) is 31.0. The monoisotopic (exact) mass is 885 g/mol. The Morgan fingerprint density at radius 1 is 0.317 bits per heavy atom. The molecule has 0 spiro atoms. The van der Waals surface area contributed by atoms with Crippen molar-refractivity contribution in [2.75, 3.05) is 13.2 Å². The molecular weight excluding hydrogens is 781 g/mol. The van der Waals surface area contributed by atoms with E-state index in [0.29, 0.717) is 19.3 Å². The van der Waals surface area contributed by atoms with Crippen molar-refractivity contribution < 1.29 is 28.6 Å².